The van der Waals surface area contributed by atoms with Crippen LogP contribution >= 0.6 is 0 Å². The number of aryl methyl sites for hydroxylation is 2. The summed E-state index contributed by atoms with van der Waals surface area (Å²) in [7, 11) is 0. The van der Waals surface area contributed by atoms with Crippen molar-refractivity contribution in [2.45, 2.75) is 38.9 Å². The van der Waals surface area contributed by atoms with Gasteiger partial charge in [0.1, 0.15) is 0 Å². The molecule has 2 aliphatic rings. The smallest absolute Gasteiger partial charge is 0.159 e. The van der Waals surface area contributed by atoms with E-state index in [0.717, 1.165) is 26.2 Å². The van der Waals surface area contributed by atoms with Crippen LogP contribution in [-0.4, -0.2) is 44.0 Å². The van der Waals surface area contributed by atoms with E-state index in [1.54, 1.807) is 0 Å². The fraction of sp³-hybridized carbons (Fsp3) is 0.647. The SMILES string of the molecule is Cc1cc(C)cc([C@@H]2CCN(CCC3OCCO3)C2)c1. The van der Waals surface area contributed by atoms with Crippen molar-refractivity contribution in [2.75, 3.05) is 32.8 Å². The largest absolute Gasteiger partial charge is 0.350 e. The van der Waals surface area contributed by atoms with Crippen molar-refractivity contribution < 1.29 is 9.47 Å². The summed E-state index contributed by atoms with van der Waals surface area (Å²) in [6.07, 6.45) is 2.31. The van der Waals surface area contributed by atoms with Crippen molar-refractivity contribution in [3.8, 4) is 0 Å². The lowest BCUT2D eigenvalue weighted by molar-refractivity contribution is -0.0506. The molecule has 3 nitrogen and oxygen atoms in total. The first-order valence-corrected chi connectivity index (χ1v) is 7.74. The minimum atomic E-state index is 0.0373. The number of hydrogen-bond acceptors (Lipinski definition) is 3. The van der Waals surface area contributed by atoms with E-state index < -0.39 is 0 Å². The summed E-state index contributed by atoms with van der Waals surface area (Å²) in [5, 5.41) is 0. The van der Waals surface area contributed by atoms with Gasteiger partial charge in [-0.3, -0.25) is 0 Å². The summed E-state index contributed by atoms with van der Waals surface area (Å²) < 4.78 is 11.0. The molecule has 0 aromatic heterocycles. The number of rotatable bonds is 4. The van der Waals surface area contributed by atoms with Crippen molar-refractivity contribution in [1.82, 2.24) is 4.90 Å². The second kappa shape index (κ2) is 6.25. The van der Waals surface area contributed by atoms with Gasteiger partial charge in [-0.15, -0.1) is 0 Å². The zero-order valence-corrected chi connectivity index (χ0v) is 12.6. The summed E-state index contributed by atoms with van der Waals surface area (Å²) in [6.45, 7) is 9.37. The monoisotopic (exact) mass is 275 g/mol. The summed E-state index contributed by atoms with van der Waals surface area (Å²) in [6, 6.07) is 6.96. The van der Waals surface area contributed by atoms with Crippen LogP contribution in [0.1, 0.15) is 35.4 Å². The van der Waals surface area contributed by atoms with Crippen LogP contribution in [0.3, 0.4) is 0 Å². The number of hydrogen-bond donors (Lipinski definition) is 0. The molecular formula is C17H25NO2. The Morgan fingerprint density at radius 1 is 1.10 bits per heavy atom. The van der Waals surface area contributed by atoms with Crippen LogP contribution in [0.4, 0.5) is 0 Å². The molecule has 0 aliphatic carbocycles. The van der Waals surface area contributed by atoms with Crippen LogP contribution in [0.5, 0.6) is 0 Å². The van der Waals surface area contributed by atoms with Gasteiger partial charge in [-0.05, 0) is 38.3 Å². The maximum absolute atomic E-state index is 5.51. The van der Waals surface area contributed by atoms with Crippen LogP contribution in [0.25, 0.3) is 0 Å². The molecule has 0 spiro atoms. The van der Waals surface area contributed by atoms with Crippen LogP contribution < -0.4 is 0 Å². The zero-order chi connectivity index (χ0) is 13.9. The molecule has 0 radical (unpaired) electrons. The fourth-order valence-electron chi connectivity index (χ4n) is 3.42. The highest BCUT2D eigenvalue weighted by Crippen LogP contribution is 2.28. The molecule has 0 unspecified atom stereocenters. The van der Waals surface area contributed by atoms with Crippen molar-refractivity contribution in [1.29, 1.82) is 0 Å². The van der Waals surface area contributed by atoms with Crippen LogP contribution in [0, 0.1) is 13.8 Å². The van der Waals surface area contributed by atoms with E-state index in [9.17, 15) is 0 Å². The normalized spacial score (nSPS) is 24.6. The van der Waals surface area contributed by atoms with Crippen molar-refractivity contribution in [2.24, 2.45) is 0 Å². The molecule has 1 aromatic rings. The molecule has 0 saturated carbocycles. The lowest BCUT2D eigenvalue weighted by Gasteiger charge is -2.18. The summed E-state index contributed by atoms with van der Waals surface area (Å²) in [5.74, 6) is 0.694. The van der Waals surface area contributed by atoms with Gasteiger partial charge in [-0.2, -0.15) is 0 Å². The average Bonchev–Trinajstić information content (AvgIpc) is 3.07. The minimum absolute atomic E-state index is 0.0373. The molecular weight excluding hydrogens is 250 g/mol. The Morgan fingerprint density at radius 2 is 1.80 bits per heavy atom. The van der Waals surface area contributed by atoms with E-state index >= 15 is 0 Å². The van der Waals surface area contributed by atoms with Gasteiger partial charge >= 0.3 is 0 Å². The van der Waals surface area contributed by atoms with Crippen LogP contribution in [0.2, 0.25) is 0 Å². The molecule has 0 N–H and O–H groups in total. The predicted molar refractivity (Wildman–Crippen MR) is 80.0 cm³/mol. The Morgan fingerprint density at radius 3 is 2.50 bits per heavy atom. The number of benzene rings is 1. The molecule has 2 aliphatic heterocycles. The molecule has 2 fully saturated rings. The second-order valence-electron chi connectivity index (χ2n) is 6.17. The average molecular weight is 275 g/mol. The Kier molecular flexibility index (Phi) is 4.39. The Bertz CT molecular complexity index is 434. The molecule has 20 heavy (non-hydrogen) atoms. The molecule has 0 amide bonds. The van der Waals surface area contributed by atoms with Crippen molar-refractivity contribution >= 4 is 0 Å². The molecule has 1 atom stereocenters. The molecule has 2 heterocycles. The van der Waals surface area contributed by atoms with Gasteiger partial charge in [0.2, 0.25) is 0 Å². The standard InChI is InChI=1S/C17H25NO2/c1-13-9-14(2)11-16(10-13)15-3-5-18(12-15)6-4-17-19-7-8-20-17/h9-11,15,17H,3-8,12H2,1-2H3/t15-/m1/s1. The molecule has 0 bridgehead atoms. The van der Waals surface area contributed by atoms with Gasteiger partial charge in [-0.25, -0.2) is 0 Å². The van der Waals surface area contributed by atoms with Crippen molar-refractivity contribution in [3.63, 3.8) is 0 Å². The summed E-state index contributed by atoms with van der Waals surface area (Å²) >= 11 is 0. The highest BCUT2D eigenvalue weighted by Gasteiger charge is 2.25. The zero-order valence-electron chi connectivity index (χ0n) is 12.6. The first kappa shape index (κ1) is 14.1. The summed E-state index contributed by atoms with van der Waals surface area (Å²) in [5.41, 5.74) is 4.27. The van der Waals surface area contributed by atoms with Crippen molar-refractivity contribution in [3.05, 3.63) is 34.9 Å². The van der Waals surface area contributed by atoms with Crippen LogP contribution in [-0.2, 0) is 9.47 Å². The van der Waals surface area contributed by atoms with E-state index in [1.165, 1.54) is 36.2 Å². The van der Waals surface area contributed by atoms with E-state index in [-0.39, 0.29) is 6.29 Å². The third-order valence-corrected chi connectivity index (χ3v) is 4.36. The Hall–Kier alpha value is -0.900. The van der Waals surface area contributed by atoms with E-state index in [0.29, 0.717) is 5.92 Å². The second-order valence-corrected chi connectivity index (χ2v) is 6.17. The van der Waals surface area contributed by atoms with Gasteiger partial charge in [0, 0.05) is 19.5 Å². The highest BCUT2D eigenvalue weighted by molar-refractivity contribution is 5.31. The first-order valence-electron chi connectivity index (χ1n) is 7.74. The topological polar surface area (TPSA) is 21.7 Å². The van der Waals surface area contributed by atoms with Gasteiger partial charge < -0.3 is 14.4 Å². The van der Waals surface area contributed by atoms with Gasteiger partial charge in [0.05, 0.1) is 13.2 Å². The molecule has 3 rings (SSSR count). The Balaban J connectivity index is 1.53. The molecule has 110 valence electrons. The molecule has 1 aromatic carbocycles. The van der Waals surface area contributed by atoms with Crippen LogP contribution in [0.15, 0.2) is 18.2 Å². The lowest BCUT2D eigenvalue weighted by atomic mass is 9.95. The highest BCUT2D eigenvalue weighted by atomic mass is 16.7. The summed E-state index contributed by atoms with van der Waals surface area (Å²) in [4.78, 5) is 2.55. The predicted octanol–water partition coefficient (Wildman–Crippen LogP) is 2.86. The number of likely N-dealkylation sites (tertiary alicyclic amines) is 1. The van der Waals surface area contributed by atoms with Gasteiger partial charge in [0.25, 0.3) is 0 Å². The number of ether oxygens (including phenoxy) is 2. The fourth-order valence-corrected chi connectivity index (χ4v) is 3.42. The van der Waals surface area contributed by atoms with E-state index in [1.807, 2.05) is 0 Å². The third-order valence-electron chi connectivity index (χ3n) is 4.36. The lowest BCUT2D eigenvalue weighted by Crippen LogP contribution is -2.25. The minimum Gasteiger partial charge on any atom is -0.350 e. The number of nitrogens with zero attached hydrogens (tertiary/aromatic N) is 1. The molecule has 2 saturated heterocycles. The maximum Gasteiger partial charge on any atom is 0.159 e. The first-order chi connectivity index (χ1) is 9.70. The Labute approximate surface area is 121 Å². The van der Waals surface area contributed by atoms with E-state index in [4.69, 9.17) is 9.47 Å². The van der Waals surface area contributed by atoms with E-state index in [2.05, 4.69) is 36.9 Å². The third kappa shape index (κ3) is 3.40. The van der Waals surface area contributed by atoms with Gasteiger partial charge in [-0.1, -0.05) is 29.3 Å². The quantitative estimate of drug-likeness (QED) is 0.843. The maximum atomic E-state index is 5.51. The van der Waals surface area contributed by atoms with Gasteiger partial charge in [0.15, 0.2) is 6.29 Å². The molecule has 3 heteroatoms.